The van der Waals surface area contributed by atoms with Crippen LogP contribution in [-0.4, -0.2) is 11.1 Å². The van der Waals surface area contributed by atoms with Gasteiger partial charge in [0.25, 0.3) is 0 Å². The summed E-state index contributed by atoms with van der Waals surface area (Å²) in [6.45, 7) is 1.91. The largest absolute Gasteiger partial charge is 0.478 e. The Bertz CT molecular complexity index is 641. The van der Waals surface area contributed by atoms with Crippen molar-refractivity contribution in [2.45, 2.75) is 6.92 Å². The average molecular weight is 342 g/mol. The maximum absolute atomic E-state index is 10.8. The van der Waals surface area contributed by atoms with Gasteiger partial charge in [0.1, 0.15) is 11.5 Å². The Morgan fingerprint density at radius 1 is 1.21 bits per heavy atom. The van der Waals surface area contributed by atoms with E-state index in [4.69, 9.17) is 21.4 Å². The van der Waals surface area contributed by atoms with Crippen LogP contribution in [0.3, 0.4) is 0 Å². The summed E-state index contributed by atoms with van der Waals surface area (Å²) in [6.07, 6.45) is 0. The van der Waals surface area contributed by atoms with Crippen molar-refractivity contribution in [3.05, 3.63) is 57.0 Å². The van der Waals surface area contributed by atoms with Crippen molar-refractivity contribution < 1.29 is 14.6 Å². The molecule has 2 aromatic rings. The highest BCUT2D eigenvalue weighted by molar-refractivity contribution is 9.10. The fourth-order valence-corrected chi connectivity index (χ4v) is 2.14. The number of halogens is 2. The summed E-state index contributed by atoms with van der Waals surface area (Å²) < 4.78 is 6.31. The van der Waals surface area contributed by atoms with Crippen LogP contribution in [0.15, 0.2) is 40.9 Å². The van der Waals surface area contributed by atoms with Gasteiger partial charge in [-0.2, -0.15) is 0 Å². The molecule has 0 aliphatic carbocycles. The van der Waals surface area contributed by atoms with Crippen LogP contribution in [0.4, 0.5) is 0 Å². The number of ether oxygens (including phenoxy) is 1. The molecule has 0 aliphatic rings. The van der Waals surface area contributed by atoms with E-state index in [1.54, 1.807) is 18.2 Å². The summed E-state index contributed by atoms with van der Waals surface area (Å²) in [6, 6.07) is 9.95. The molecular formula is C14H10BrClO3. The van der Waals surface area contributed by atoms with E-state index in [0.717, 1.165) is 5.56 Å². The maximum atomic E-state index is 10.8. The first-order chi connectivity index (χ1) is 8.97. The molecule has 0 unspecified atom stereocenters. The lowest BCUT2D eigenvalue weighted by Gasteiger charge is -2.11. The second kappa shape index (κ2) is 5.63. The smallest absolute Gasteiger partial charge is 0.335 e. The zero-order valence-electron chi connectivity index (χ0n) is 9.98. The van der Waals surface area contributed by atoms with Crippen molar-refractivity contribution in [3.8, 4) is 11.5 Å². The first kappa shape index (κ1) is 13.9. The van der Waals surface area contributed by atoms with Crippen molar-refractivity contribution in [1.29, 1.82) is 0 Å². The number of hydrogen-bond acceptors (Lipinski definition) is 2. The maximum Gasteiger partial charge on any atom is 0.335 e. The van der Waals surface area contributed by atoms with Gasteiger partial charge in [0.2, 0.25) is 0 Å². The van der Waals surface area contributed by atoms with E-state index >= 15 is 0 Å². The third-order valence-corrected chi connectivity index (χ3v) is 3.40. The van der Waals surface area contributed by atoms with Gasteiger partial charge in [0, 0.05) is 5.02 Å². The quantitative estimate of drug-likeness (QED) is 0.863. The highest BCUT2D eigenvalue weighted by Crippen LogP contribution is 2.33. The van der Waals surface area contributed by atoms with E-state index in [0.29, 0.717) is 21.0 Å². The minimum atomic E-state index is -0.980. The van der Waals surface area contributed by atoms with Gasteiger partial charge >= 0.3 is 5.97 Å². The number of carboxylic acids is 1. The Balaban J connectivity index is 2.33. The number of aromatic carboxylic acids is 1. The molecular weight excluding hydrogens is 332 g/mol. The number of rotatable bonds is 3. The molecule has 0 saturated carbocycles. The first-order valence-electron chi connectivity index (χ1n) is 5.44. The van der Waals surface area contributed by atoms with Gasteiger partial charge < -0.3 is 9.84 Å². The SMILES string of the molecule is Cc1ccc(Cl)cc1Oc1ccc(C(=O)O)cc1Br. The highest BCUT2D eigenvalue weighted by atomic mass is 79.9. The molecule has 3 nitrogen and oxygen atoms in total. The molecule has 19 heavy (non-hydrogen) atoms. The molecule has 0 bridgehead atoms. The molecule has 5 heteroatoms. The number of aryl methyl sites for hydroxylation is 1. The molecule has 0 amide bonds. The van der Waals surface area contributed by atoms with Gasteiger partial charge in [-0.15, -0.1) is 0 Å². The summed E-state index contributed by atoms with van der Waals surface area (Å²) >= 11 is 9.21. The van der Waals surface area contributed by atoms with Crippen LogP contribution in [0.25, 0.3) is 0 Å². The predicted octanol–water partition coefficient (Wildman–Crippen LogP) is 4.90. The predicted molar refractivity (Wildman–Crippen MR) is 77.4 cm³/mol. The fraction of sp³-hybridized carbons (Fsp3) is 0.0714. The van der Waals surface area contributed by atoms with Crippen LogP contribution < -0.4 is 4.74 Å². The van der Waals surface area contributed by atoms with E-state index in [9.17, 15) is 4.79 Å². The van der Waals surface area contributed by atoms with E-state index in [2.05, 4.69) is 15.9 Å². The molecule has 0 aromatic heterocycles. The number of hydrogen-bond donors (Lipinski definition) is 1. The summed E-state index contributed by atoms with van der Waals surface area (Å²) in [5, 5.41) is 9.47. The lowest BCUT2D eigenvalue weighted by atomic mass is 10.2. The van der Waals surface area contributed by atoms with Crippen LogP contribution in [0, 0.1) is 6.92 Å². The van der Waals surface area contributed by atoms with Crippen LogP contribution in [-0.2, 0) is 0 Å². The van der Waals surface area contributed by atoms with Crippen LogP contribution in [0.2, 0.25) is 5.02 Å². The van der Waals surface area contributed by atoms with Crippen molar-refractivity contribution in [2.75, 3.05) is 0 Å². The normalized spacial score (nSPS) is 10.3. The average Bonchev–Trinajstić information content (AvgIpc) is 2.36. The Hall–Kier alpha value is -1.52. The second-order valence-corrected chi connectivity index (χ2v) is 5.25. The van der Waals surface area contributed by atoms with E-state index in [-0.39, 0.29) is 5.56 Å². The molecule has 0 atom stereocenters. The lowest BCUT2D eigenvalue weighted by molar-refractivity contribution is 0.0697. The minimum Gasteiger partial charge on any atom is -0.478 e. The van der Waals surface area contributed by atoms with Gasteiger partial charge in [-0.05, 0) is 58.7 Å². The monoisotopic (exact) mass is 340 g/mol. The second-order valence-electron chi connectivity index (χ2n) is 3.96. The molecule has 0 heterocycles. The molecule has 0 aliphatic heterocycles. The molecule has 2 rings (SSSR count). The van der Waals surface area contributed by atoms with Gasteiger partial charge in [-0.3, -0.25) is 0 Å². The molecule has 1 N–H and O–H groups in total. The van der Waals surface area contributed by atoms with Crippen LogP contribution >= 0.6 is 27.5 Å². The van der Waals surface area contributed by atoms with Crippen LogP contribution in [0.1, 0.15) is 15.9 Å². The van der Waals surface area contributed by atoms with Crippen molar-refractivity contribution in [3.63, 3.8) is 0 Å². The van der Waals surface area contributed by atoms with Crippen LogP contribution in [0.5, 0.6) is 11.5 Å². The molecule has 0 saturated heterocycles. The standard InChI is InChI=1S/C14H10BrClO3/c1-8-2-4-10(16)7-13(8)19-12-5-3-9(14(17)18)6-11(12)15/h2-7H,1H3,(H,17,18). The van der Waals surface area contributed by atoms with Crippen molar-refractivity contribution in [1.82, 2.24) is 0 Å². The topological polar surface area (TPSA) is 46.5 Å². The zero-order valence-corrected chi connectivity index (χ0v) is 12.3. The highest BCUT2D eigenvalue weighted by Gasteiger charge is 2.09. The molecule has 2 aromatic carbocycles. The van der Waals surface area contributed by atoms with E-state index in [1.165, 1.54) is 12.1 Å². The Morgan fingerprint density at radius 2 is 1.95 bits per heavy atom. The number of carboxylic acid groups (broad SMARTS) is 1. The molecule has 0 fully saturated rings. The van der Waals surface area contributed by atoms with E-state index < -0.39 is 5.97 Å². The summed E-state index contributed by atoms with van der Waals surface area (Å²) in [5.74, 6) is 0.192. The summed E-state index contributed by atoms with van der Waals surface area (Å²) in [5.41, 5.74) is 1.14. The third-order valence-electron chi connectivity index (χ3n) is 2.55. The Labute approximate surface area is 123 Å². The molecule has 98 valence electrons. The van der Waals surface area contributed by atoms with Gasteiger partial charge in [-0.25, -0.2) is 4.79 Å². The Kier molecular flexibility index (Phi) is 4.12. The van der Waals surface area contributed by atoms with Crippen molar-refractivity contribution in [2.24, 2.45) is 0 Å². The fourth-order valence-electron chi connectivity index (χ4n) is 1.52. The van der Waals surface area contributed by atoms with Crippen molar-refractivity contribution >= 4 is 33.5 Å². The molecule has 0 radical (unpaired) electrons. The lowest BCUT2D eigenvalue weighted by Crippen LogP contribution is -1.96. The van der Waals surface area contributed by atoms with Gasteiger partial charge in [0.05, 0.1) is 10.0 Å². The number of carbonyl (C=O) groups is 1. The zero-order chi connectivity index (χ0) is 14.0. The third kappa shape index (κ3) is 3.28. The minimum absolute atomic E-state index is 0.196. The summed E-state index contributed by atoms with van der Waals surface area (Å²) in [4.78, 5) is 10.8. The van der Waals surface area contributed by atoms with Gasteiger partial charge in [0.15, 0.2) is 0 Å². The first-order valence-corrected chi connectivity index (χ1v) is 6.61. The Morgan fingerprint density at radius 3 is 2.58 bits per heavy atom. The number of benzene rings is 2. The summed E-state index contributed by atoms with van der Waals surface area (Å²) in [7, 11) is 0. The molecule has 0 spiro atoms. The van der Waals surface area contributed by atoms with E-state index in [1.807, 2.05) is 13.0 Å². The van der Waals surface area contributed by atoms with Gasteiger partial charge in [-0.1, -0.05) is 17.7 Å².